The third kappa shape index (κ3) is 4.33. The molecule has 0 saturated carbocycles. The number of rotatable bonds is 3. The number of anilines is 1. The van der Waals surface area contributed by atoms with Gasteiger partial charge in [-0.15, -0.1) is 0 Å². The van der Waals surface area contributed by atoms with Crippen molar-refractivity contribution in [1.82, 2.24) is 0 Å². The van der Waals surface area contributed by atoms with Gasteiger partial charge in [-0.2, -0.15) is 0 Å². The van der Waals surface area contributed by atoms with Crippen molar-refractivity contribution < 1.29 is 14.9 Å². The van der Waals surface area contributed by atoms with Gasteiger partial charge in [0.1, 0.15) is 0 Å². The van der Waals surface area contributed by atoms with E-state index in [-0.39, 0.29) is 5.91 Å². The number of allylic oxidation sites excluding steroid dienone is 2. The molecule has 0 fully saturated rings. The molecule has 0 aromatic heterocycles. The number of hydrogen-bond donors (Lipinski definition) is 3. The molecule has 1 amide bonds. The lowest BCUT2D eigenvalue weighted by Crippen LogP contribution is -2.66. The molecule has 0 bridgehead atoms. The summed E-state index contributed by atoms with van der Waals surface area (Å²) in [4.78, 5) is 14.8. The molecule has 1 unspecified atom stereocenters. The molecule has 1 aromatic carbocycles. The number of benzene rings is 1. The van der Waals surface area contributed by atoms with E-state index in [1.165, 1.54) is 0 Å². The molecular formula is C16H20ClN2O2+. The van der Waals surface area contributed by atoms with E-state index in [1.54, 1.807) is 25.1 Å². The van der Waals surface area contributed by atoms with Crippen molar-refractivity contribution in [2.75, 3.05) is 5.32 Å². The highest BCUT2D eigenvalue weighted by Crippen LogP contribution is 2.24. The lowest BCUT2D eigenvalue weighted by molar-refractivity contribution is -0.354. The molecule has 1 atom stereocenters. The maximum atomic E-state index is 11.5. The Hall–Kier alpha value is -1.81. The van der Waals surface area contributed by atoms with Crippen molar-refractivity contribution in [3.05, 3.63) is 35.1 Å². The molecular weight excluding hydrogens is 288 g/mol. The molecule has 5 heteroatoms. The lowest BCUT2D eigenvalue weighted by atomic mass is 9.93. The Kier molecular flexibility index (Phi) is 5.02. The SMILES string of the molecule is CCC(=O)Nc1cc([NH+]=C2C=C(O)CC(C)C2)ccc1Cl. The second kappa shape index (κ2) is 6.76. The fourth-order valence-electron chi connectivity index (χ4n) is 2.33. The predicted molar refractivity (Wildman–Crippen MR) is 85.1 cm³/mol. The summed E-state index contributed by atoms with van der Waals surface area (Å²) in [6.07, 6.45) is 3.76. The maximum Gasteiger partial charge on any atom is 0.224 e. The predicted octanol–water partition coefficient (Wildman–Crippen LogP) is 2.71. The minimum absolute atomic E-state index is 0.0782. The summed E-state index contributed by atoms with van der Waals surface area (Å²) in [6, 6.07) is 5.39. The van der Waals surface area contributed by atoms with Crippen LogP contribution in [0.15, 0.2) is 30.0 Å². The van der Waals surface area contributed by atoms with Crippen LogP contribution in [0, 0.1) is 5.92 Å². The first-order valence-electron chi connectivity index (χ1n) is 7.09. The summed E-state index contributed by atoms with van der Waals surface area (Å²) in [5.41, 5.74) is 2.38. The summed E-state index contributed by atoms with van der Waals surface area (Å²) in [7, 11) is 0. The van der Waals surface area contributed by atoms with Crippen molar-refractivity contribution >= 4 is 34.6 Å². The van der Waals surface area contributed by atoms with E-state index in [0.29, 0.717) is 35.2 Å². The largest absolute Gasteiger partial charge is 0.512 e. The Morgan fingerprint density at radius 3 is 2.90 bits per heavy atom. The van der Waals surface area contributed by atoms with E-state index in [9.17, 15) is 9.90 Å². The molecule has 1 aliphatic rings. The van der Waals surface area contributed by atoms with E-state index in [1.807, 2.05) is 6.07 Å². The molecule has 0 spiro atoms. The Labute approximate surface area is 129 Å². The van der Waals surface area contributed by atoms with Crippen LogP contribution in [0.25, 0.3) is 0 Å². The normalized spacial score (nSPS) is 20.2. The number of amides is 1. The van der Waals surface area contributed by atoms with Gasteiger partial charge < -0.3 is 10.4 Å². The van der Waals surface area contributed by atoms with Crippen LogP contribution >= 0.6 is 11.6 Å². The molecule has 1 aliphatic carbocycles. The molecule has 4 nitrogen and oxygen atoms in total. The van der Waals surface area contributed by atoms with Gasteiger partial charge in [0.15, 0.2) is 5.71 Å². The van der Waals surface area contributed by atoms with Gasteiger partial charge in [0.2, 0.25) is 11.6 Å². The third-order valence-electron chi connectivity index (χ3n) is 3.33. The second-order valence-corrected chi connectivity index (χ2v) is 5.80. The molecule has 3 N–H and O–H groups in total. The molecule has 21 heavy (non-hydrogen) atoms. The Morgan fingerprint density at radius 2 is 2.24 bits per heavy atom. The number of carbonyl (C=O) groups is 1. The Bertz CT molecular complexity index is 608. The standard InChI is InChI=1S/C16H19ClN2O2/c1-3-16(21)19-15-9-11(4-5-14(15)17)18-12-6-10(2)7-13(20)8-12/h4-5,8-10,20H,3,6-7H2,1-2H3,(H,19,21)/p+1. The number of nitrogens with one attached hydrogen (secondary N) is 2. The minimum atomic E-state index is -0.0782. The molecule has 2 rings (SSSR count). The quantitative estimate of drug-likeness (QED) is 0.804. The average molecular weight is 308 g/mol. The Balaban J connectivity index is 2.26. The van der Waals surface area contributed by atoms with E-state index in [4.69, 9.17) is 11.6 Å². The number of aliphatic hydroxyl groups is 1. The van der Waals surface area contributed by atoms with Gasteiger partial charge in [-0.3, -0.25) is 4.79 Å². The van der Waals surface area contributed by atoms with E-state index in [2.05, 4.69) is 17.2 Å². The van der Waals surface area contributed by atoms with Crippen molar-refractivity contribution in [2.45, 2.75) is 33.1 Å². The zero-order valence-corrected chi connectivity index (χ0v) is 13.0. The monoisotopic (exact) mass is 307 g/mol. The van der Waals surface area contributed by atoms with Crippen LogP contribution in [0.3, 0.4) is 0 Å². The van der Waals surface area contributed by atoms with E-state index in [0.717, 1.165) is 17.8 Å². The summed E-state index contributed by atoms with van der Waals surface area (Å²) in [5.74, 6) is 0.722. The molecule has 0 radical (unpaired) electrons. The van der Waals surface area contributed by atoms with E-state index < -0.39 is 0 Å². The van der Waals surface area contributed by atoms with Gasteiger partial charge >= 0.3 is 0 Å². The average Bonchev–Trinajstić information content (AvgIpc) is 2.41. The summed E-state index contributed by atoms with van der Waals surface area (Å²) >= 11 is 6.09. The topological polar surface area (TPSA) is 63.3 Å². The van der Waals surface area contributed by atoms with Crippen LogP contribution in [-0.2, 0) is 4.79 Å². The smallest absolute Gasteiger partial charge is 0.224 e. The third-order valence-corrected chi connectivity index (χ3v) is 3.66. The second-order valence-electron chi connectivity index (χ2n) is 5.40. The number of halogens is 1. The van der Waals surface area contributed by atoms with Crippen molar-refractivity contribution in [1.29, 1.82) is 0 Å². The van der Waals surface area contributed by atoms with Crippen LogP contribution < -0.4 is 10.3 Å². The minimum Gasteiger partial charge on any atom is -0.512 e. The van der Waals surface area contributed by atoms with Crippen molar-refractivity contribution in [3.8, 4) is 0 Å². The van der Waals surface area contributed by atoms with Gasteiger partial charge in [0, 0.05) is 37.5 Å². The molecule has 1 aromatic rings. The first-order valence-corrected chi connectivity index (χ1v) is 7.47. The van der Waals surface area contributed by atoms with Gasteiger partial charge in [-0.05, 0) is 12.0 Å². The first-order chi connectivity index (χ1) is 9.97. The van der Waals surface area contributed by atoms with Crippen LogP contribution in [0.4, 0.5) is 11.4 Å². The summed E-state index contributed by atoms with van der Waals surface area (Å²) < 4.78 is 0. The lowest BCUT2D eigenvalue weighted by Gasteiger charge is -2.13. The van der Waals surface area contributed by atoms with Crippen LogP contribution in [0.2, 0.25) is 5.02 Å². The zero-order chi connectivity index (χ0) is 15.4. The highest BCUT2D eigenvalue weighted by Gasteiger charge is 2.19. The maximum absolute atomic E-state index is 11.5. The van der Waals surface area contributed by atoms with Gasteiger partial charge in [0.05, 0.1) is 16.5 Å². The van der Waals surface area contributed by atoms with Gasteiger partial charge in [-0.25, -0.2) is 4.99 Å². The highest BCUT2D eigenvalue weighted by molar-refractivity contribution is 6.33. The summed E-state index contributed by atoms with van der Waals surface area (Å²) in [6.45, 7) is 3.89. The molecule has 112 valence electrons. The number of aliphatic hydroxyl groups excluding tert-OH is 1. The molecule has 0 saturated heterocycles. The van der Waals surface area contributed by atoms with Crippen LogP contribution in [0.5, 0.6) is 0 Å². The van der Waals surface area contributed by atoms with Gasteiger partial charge in [-0.1, -0.05) is 25.4 Å². The van der Waals surface area contributed by atoms with Gasteiger partial charge in [0.25, 0.3) is 0 Å². The van der Waals surface area contributed by atoms with Crippen LogP contribution in [-0.4, -0.2) is 16.7 Å². The van der Waals surface area contributed by atoms with Crippen molar-refractivity contribution in [3.63, 3.8) is 0 Å². The first kappa shape index (κ1) is 15.6. The fourth-order valence-corrected chi connectivity index (χ4v) is 2.50. The fraction of sp³-hybridized carbons (Fsp3) is 0.375. The van der Waals surface area contributed by atoms with Crippen LogP contribution in [0.1, 0.15) is 33.1 Å². The Morgan fingerprint density at radius 1 is 1.48 bits per heavy atom. The van der Waals surface area contributed by atoms with E-state index >= 15 is 0 Å². The molecule has 0 heterocycles. The number of hydrogen-bond acceptors (Lipinski definition) is 2. The van der Waals surface area contributed by atoms with Crippen molar-refractivity contribution in [2.24, 2.45) is 5.92 Å². The number of carbonyl (C=O) groups excluding carboxylic acids is 1. The molecule has 0 aliphatic heterocycles. The highest BCUT2D eigenvalue weighted by atomic mass is 35.5. The zero-order valence-electron chi connectivity index (χ0n) is 12.2. The summed E-state index contributed by atoms with van der Waals surface area (Å²) in [5, 5.41) is 13.0.